The van der Waals surface area contributed by atoms with Crippen molar-refractivity contribution in [2.45, 2.75) is 13.2 Å². The van der Waals surface area contributed by atoms with Gasteiger partial charge in [0.05, 0.1) is 34.5 Å². The van der Waals surface area contributed by atoms with Gasteiger partial charge in [-0.3, -0.25) is 0 Å². The van der Waals surface area contributed by atoms with Gasteiger partial charge in [-0.15, -0.1) is 0 Å². The molecule has 0 aliphatic heterocycles. The minimum Gasteiger partial charge on any atom is -0.496 e. The van der Waals surface area contributed by atoms with Gasteiger partial charge >= 0.3 is 0 Å². The van der Waals surface area contributed by atoms with Crippen LogP contribution in [0.25, 0.3) is 11.1 Å². The molecule has 2 rings (SSSR count). The first-order valence-electron chi connectivity index (χ1n) is 6.94. The van der Waals surface area contributed by atoms with Gasteiger partial charge in [-0.25, -0.2) is 0 Å². The third kappa shape index (κ3) is 3.15. The molecule has 0 amide bonds. The van der Waals surface area contributed by atoms with Crippen LogP contribution in [0.1, 0.15) is 11.1 Å². The first-order valence-corrected chi connectivity index (χ1v) is 7.73. The predicted octanol–water partition coefficient (Wildman–Crippen LogP) is 3.13. The van der Waals surface area contributed by atoms with Crippen molar-refractivity contribution in [3.05, 3.63) is 39.9 Å². The lowest BCUT2D eigenvalue weighted by Crippen LogP contribution is -2.02. The normalized spacial score (nSPS) is 10.5. The van der Waals surface area contributed by atoms with Gasteiger partial charge in [-0.2, -0.15) is 0 Å². The Morgan fingerprint density at radius 1 is 0.870 bits per heavy atom. The molecule has 0 fully saturated rings. The van der Waals surface area contributed by atoms with Crippen LogP contribution in [0.15, 0.2) is 28.7 Å². The third-order valence-corrected chi connectivity index (χ3v) is 4.37. The molecule has 0 aliphatic rings. The minimum absolute atomic E-state index is 0.162. The maximum absolute atomic E-state index is 9.81. The summed E-state index contributed by atoms with van der Waals surface area (Å²) in [5.74, 6) is 1.64. The predicted molar refractivity (Wildman–Crippen MR) is 91.1 cm³/mol. The van der Waals surface area contributed by atoms with Crippen LogP contribution in [0.3, 0.4) is 0 Å². The number of ether oxygens (including phenoxy) is 3. The maximum atomic E-state index is 9.81. The number of aliphatic hydroxyl groups excluding tert-OH is 2. The van der Waals surface area contributed by atoms with Crippen LogP contribution in [0.5, 0.6) is 17.2 Å². The van der Waals surface area contributed by atoms with Gasteiger partial charge in [0.1, 0.15) is 21.7 Å². The number of hydrogen-bond donors (Lipinski definition) is 2. The highest BCUT2D eigenvalue weighted by molar-refractivity contribution is 9.10. The van der Waals surface area contributed by atoms with Gasteiger partial charge in [0.25, 0.3) is 0 Å². The van der Waals surface area contributed by atoms with E-state index < -0.39 is 0 Å². The van der Waals surface area contributed by atoms with Crippen molar-refractivity contribution in [3.8, 4) is 28.4 Å². The maximum Gasteiger partial charge on any atom is 0.145 e. The number of rotatable bonds is 6. The highest BCUT2D eigenvalue weighted by atomic mass is 79.9. The van der Waals surface area contributed by atoms with Crippen molar-refractivity contribution in [2.24, 2.45) is 0 Å². The standard InChI is InChI=1S/C17H19BrO5/c1-21-12-6-4-5-10(8-19)14(12)15-11(9-20)7-13(22-2)16(18)17(15)23-3/h4-7,19-20H,8-9H2,1-3H3. The third-order valence-electron chi connectivity index (χ3n) is 3.62. The Morgan fingerprint density at radius 2 is 1.52 bits per heavy atom. The second kappa shape index (κ2) is 7.68. The fourth-order valence-corrected chi connectivity index (χ4v) is 3.20. The molecular weight excluding hydrogens is 364 g/mol. The summed E-state index contributed by atoms with van der Waals surface area (Å²) in [4.78, 5) is 0. The molecule has 2 N–H and O–H groups in total. The molecule has 2 aromatic rings. The van der Waals surface area contributed by atoms with Crippen LogP contribution in [0.4, 0.5) is 0 Å². The van der Waals surface area contributed by atoms with Crippen molar-refractivity contribution in [2.75, 3.05) is 21.3 Å². The monoisotopic (exact) mass is 382 g/mol. The zero-order valence-electron chi connectivity index (χ0n) is 13.2. The lowest BCUT2D eigenvalue weighted by Gasteiger charge is -2.21. The zero-order chi connectivity index (χ0) is 17.0. The second-order valence-electron chi connectivity index (χ2n) is 4.77. The zero-order valence-corrected chi connectivity index (χ0v) is 14.8. The summed E-state index contributed by atoms with van der Waals surface area (Å²) in [5, 5.41) is 19.5. The summed E-state index contributed by atoms with van der Waals surface area (Å²) < 4.78 is 16.9. The molecule has 5 nitrogen and oxygen atoms in total. The SMILES string of the molecule is COc1cc(CO)c(-c2c(CO)cccc2OC)c(OC)c1Br. The highest BCUT2D eigenvalue weighted by Crippen LogP contribution is 2.48. The molecule has 124 valence electrons. The van der Waals surface area contributed by atoms with Crippen molar-refractivity contribution >= 4 is 15.9 Å². The van der Waals surface area contributed by atoms with E-state index in [9.17, 15) is 10.2 Å². The number of halogens is 1. The summed E-state index contributed by atoms with van der Waals surface area (Å²) in [5.41, 5.74) is 2.63. The highest BCUT2D eigenvalue weighted by Gasteiger charge is 2.23. The average molecular weight is 383 g/mol. The fourth-order valence-electron chi connectivity index (χ4n) is 2.56. The molecule has 0 atom stereocenters. The van der Waals surface area contributed by atoms with E-state index in [-0.39, 0.29) is 13.2 Å². The number of aliphatic hydroxyl groups is 2. The molecule has 0 aromatic heterocycles. The Labute approximate surface area is 143 Å². The molecule has 0 radical (unpaired) electrons. The van der Waals surface area contributed by atoms with Gasteiger partial charge in [0, 0.05) is 11.1 Å². The van der Waals surface area contributed by atoms with E-state index in [4.69, 9.17) is 14.2 Å². The van der Waals surface area contributed by atoms with Crippen LogP contribution in [0.2, 0.25) is 0 Å². The Kier molecular flexibility index (Phi) is 5.87. The average Bonchev–Trinajstić information content (AvgIpc) is 2.60. The fraction of sp³-hybridized carbons (Fsp3) is 0.294. The topological polar surface area (TPSA) is 68.2 Å². The van der Waals surface area contributed by atoms with Gasteiger partial charge in [-0.05, 0) is 39.2 Å². The van der Waals surface area contributed by atoms with Crippen LogP contribution in [-0.4, -0.2) is 31.5 Å². The van der Waals surface area contributed by atoms with Gasteiger partial charge in [0.2, 0.25) is 0 Å². The summed E-state index contributed by atoms with van der Waals surface area (Å²) >= 11 is 3.47. The summed E-state index contributed by atoms with van der Waals surface area (Å²) in [6.07, 6.45) is 0. The molecule has 0 aliphatic carbocycles. The Bertz CT molecular complexity index is 678. The van der Waals surface area contributed by atoms with Crippen LogP contribution in [0, 0.1) is 0 Å². The van der Waals surface area contributed by atoms with Crippen LogP contribution in [-0.2, 0) is 13.2 Å². The van der Waals surface area contributed by atoms with E-state index in [1.165, 1.54) is 7.11 Å². The lowest BCUT2D eigenvalue weighted by molar-refractivity contribution is 0.278. The van der Waals surface area contributed by atoms with Crippen molar-refractivity contribution in [1.29, 1.82) is 0 Å². The molecular formula is C17H19BrO5. The van der Waals surface area contributed by atoms with Crippen molar-refractivity contribution < 1.29 is 24.4 Å². The van der Waals surface area contributed by atoms with E-state index in [2.05, 4.69) is 15.9 Å². The largest absolute Gasteiger partial charge is 0.496 e. The molecule has 6 heteroatoms. The van der Waals surface area contributed by atoms with E-state index in [0.717, 1.165) is 0 Å². The van der Waals surface area contributed by atoms with Gasteiger partial charge in [0.15, 0.2) is 0 Å². The minimum atomic E-state index is -0.210. The van der Waals surface area contributed by atoms with E-state index >= 15 is 0 Å². The molecule has 23 heavy (non-hydrogen) atoms. The Balaban J connectivity index is 2.90. The molecule has 2 aromatic carbocycles. The Morgan fingerprint density at radius 3 is 2.04 bits per heavy atom. The van der Waals surface area contributed by atoms with E-state index in [1.807, 2.05) is 0 Å². The lowest BCUT2D eigenvalue weighted by atomic mass is 9.93. The van der Waals surface area contributed by atoms with Gasteiger partial charge < -0.3 is 24.4 Å². The molecule has 0 saturated carbocycles. The first kappa shape index (κ1) is 17.6. The number of hydrogen-bond acceptors (Lipinski definition) is 5. The quantitative estimate of drug-likeness (QED) is 0.803. The first-order chi connectivity index (χ1) is 11.1. The second-order valence-corrected chi connectivity index (χ2v) is 5.56. The molecule has 0 heterocycles. The summed E-state index contributed by atoms with van der Waals surface area (Å²) in [6.45, 7) is -0.373. The molecule has 0 saturated heterocycles. The van der Waals surface area contributed by atoms with E-state index in [0.29, 0.717) is 44.0 Å². The molecule has 0 bridgehead atoms. The molecule has 0 unspecified atom stereocenters. The van der Waals surface area contributed by atoms with Crippen LogP contribution < -0.4 is 14.2 Å². The number of benzene rings is 2. The van der Waals surface area contributed by atoms with Crippen molar-refractivity contribution in [1.82, 2.24) is 0 Å². The smallest absolute Gasteiger partial charge is 0.145 e. The summed E-state index contributed by atoms with van der Waals surface area (Å²) in [7, 11) is 4.64. The van der Waals surface area contributed by atoms with Crippen LogP contribution >= 0.6 is 15.9 Å². The number of methoxy groups -OCH3 is 3. The van der Waals surface area contributed by atoms with E-state index in [1.54, 1.807) is 38.5 Å². The van der Waals surface area contributed by atoms with Gasteiger partial charge in [-0.1, -0.05) is 12.1 Å². The molecule has 0 spiro atoms. The summed E-state index contributed by atoms with van der Waals surface area (Å²) in [6, 6.07) is 7.14. The van der Waals surface area contributed by atoms with Crippen molar-refractivity contribution in [3.63, 3.8) is 0 Å². The Hall–Kier alpha value is -1.76.